The molecule has 1 atom stereocenters. The Hall–Kier alpha value is -1.23. The molecule has 1 unspecified atom stereocenters. The second-order valence-electron chi connectivity index (χ2n) is 5.57. The van der Waals surface area contributed by atoms with Gasteiger partial charge in [0.1, 0.15) is 9.84 Å². The lowest BCUT2D eigenvalue weighted by Gasteiger charge is -2.20. The minimum absolute atomic E-state index is 0. The maximum Gasteiger partial charge on any atom is 0.191 e. The second kappa shape index (κ2) is 12.2. The predicted octanol–water partition coefficient (Wildman–Crippen LogP) is 2.37. The minimum Gasteiger partial charge on any atom is -0.490 e. The summed E-state index contributed by atoms with van der Waals surface area (Å²) in [6, 6.07) is 5.76. The highest BCUT2D eigenvalue weighted by Crippen LogP contribution is 2.30. The van der Waals surface area contributed by atoms with Crippen LogP contribution in [0.5, 0.6) is 11.5 Å². The van der Waals surface area contributed by atoms with Gasteiger partial charge in [0.2, 0.25) is 0 Å². The Balaban J connectivity index is 0.00000625. The van der Waals surface area contributed by atoms with Gasteiger partial charge in [-0.25, -0.2) is 8.42 Å². The third-order valence-electron chi connectivity index (χ3n) is 3.41. The number of hydrogen-bond donors (Lipinski definition) is 2. The number of hydrogen-bond acceptors (Lipinski definition) is 5. The Morgan fingerprint density at radius 3 is 2.35 bits per heavy atom. The molecular formula is C17H30IN3O4S. The zero-order chi connectivity index (χ0) is 18.9. The monoisotopic (exact) mass is 499 g/mol. The molecule has 0 aliphatic rings. The Morgan fingerprint density at radius 2 is 1.81 bits per heavy atom. The van der Waals surface area contributed by atoms with Crippen molar-refractivity contribution in [1.82, 2.24) is 10.6 Å². The van der Waals surface area contributed by atoms with E-state index in [1.807, 2.05) is 39.0 Å². The number of ether oxygens (including phenoxy) is 2. The van der Waals surface area contributed by atoms with E-state index in [0.717, 1.165) is 11.3 Å². The molecule has 0 aromatic heterocycles. The molecule has 0 spiro atoms. The van der Waals surface area contributed by atoms with Crippen LogP contribution in [0.15, 0.2) is 23.2 Å². The first-order valence-corrected chi connectivity index (χ1v) is 10.4. The van der Waals surface area contributed by atoms with Crippen LogP contribution in [-0.4, -0.2) is 53.2 Å². The molecular weight excluding hydrogens is 469 g/mol. The third kappa shape index (κ3) is 8.93. The quantitative estimate of drug-likeness (QED) is 0.308. The maximum atomic E-state index is 11.2. The molecule has 0 heterocycles. The summed E-state index contributed by atoms with van der Waals surface area (Å²) < 4.78 is 33.6. The van der Waals surface area contributed by atoms with Crippen molar-refractivity contribution in [2.75, 3.05) is 38.8 Å². The van der Waals surface area contributed by atoms with E-state index in [4.69, 9.17) is 9.47 Å². The van der Waals surface area contributed by atoms with Crippen LogP contribution in [-0.2, 0) is 9.84 Å². The first-order valence-electron chi connectivity index (χ1n) is 8.35. The van der Waals surface area contributed by atoms with Gasteiger partial charge in [0.05, 0.1) is 25.0 Å². The van der Waals surface area contributed by atoms with E-state index in [2.05, 4.69) is 15.6 Å². The summed E-state index contributed by atoms with van der Waals surface area (Å²) in [5.74, 6) is 2.02. The number of sulfone groups is 1. The molecule has 2 N–H and O–H groups in total. The summed E-state index contributed by atoms with van der Waals surface area (Å²) in [4.78, 5) is 4.12. The number of guanidine groups is 1. The number of aliphatic imine (C=N–C) groups is 1. The Bertz CT molecular complexity index is 681. The van der Waals surface area contributed by atoms with Gasteiger partial charge in [-0.1, -0.05) is 6.07 Å². The Kier molecular flexibility index (Phi) is 11.6. The van der Waals surface area contributed by atoms with Gasteiger partial charge in [-0.2, -0.15) is 0 Å². The van der Waals surface area contributed by atoms with Gasteiger partial charge in [0.25, 0.3) is 0 Å². The highest BCUT2D eigenvalue weighted by Gasteiger charge is 2.12. The van der Waals surface area contributed by atoms with Gasteiger partial charge in [-0.3, -0.25) is 4.99 Å². The van der Waals surface area contributed by atoms with Crippen LogP contribution in [0.4, 0.5) is 0 Å². The Labute approximate surface area is 173 Å². The van der Waals surface area contributed by atoms with Crippen LogP contribution in [0.1, 0.15) is 32.4 Å². The standard InChI is InChI=1S/C17H29N3O4S.HI/c1-6-23-15-9-8-14(12-16(15)24-7-2)13(3)20-17(18-4)19-10-11-25(5,21)22;/h8-9,12-13H,6-7,10-11H2,1-5H3,(H2,18,19,20);1H. The number of rotatable bonds is 9. The van der Waals surface area contributed by atoms with E-state index in [9.17, 15) is 8.42 Å². The van der Waals surface area contributed by atoms with Crippen LogP contribution in [0.25, 0.3) is 0 Å². The highest BCUT2D eigenvalue weighted by molar-refractivity contribution is 14.0. The predicted molar refractivity (Wildman–Crippen MR) is 117 cm³/mol. The van der Waals surface area contributed by atoms with Crippen molar-refractivity contribution < 1.29 is 17.9 Å². The first kappa shape index (κ1) is 24.8. The zero-order valence-corrected chi connectivity index (χ0v) is 19.2. The van der Waals surface area contributed by atoms with Crippen molar-refractivity contribution in [2.24, 2.45) is 4.99 Å². The molecule has 0 bridgehead atoms. The van der Waals surface area contributed by atoms with Crippen LogP contribution in [0.3, 0.4) is 0 Å². The van der Waals surface area contributed by atoms with Crippen molar-refractivity contribution in [3.8, 4) is 11.5 Å². The number of nitrogens with one attached hydrogen (secondary N) is 2. The topological polar surface area (TPSA) is 89.0 Å². The van der Waals surface area contributed by atoms with Gasteiger partial charge >= 0.3 is 0 Å². The molecule has 9 heteroatoms. The van der Waals surface area contributed by atoms with Gasteiger partial charge < -0.3 is 20.1 Å². The summed E-state index contributed by atoms with van der Waals surface area (Å²) in [5, 5.41) is 6.24. The van der Waals surface area contributed by atoms with Gasteiger partial charge in [0, 0.05) is 19.8 Å². The molecule has 0 saturated carbocycles. The van der Waals surface area contributed by atoms with Crippen LogP contribution in [0, 0.1) is 0 Å². The molecule has 0 fully saturated rings. The SMILES string of the molecule is CCOc1ccc(C(C)NC(=NC)NCCS(C)(=O)=O)cc1OCC.I. The van der Waals surface area contributed by atoms with E-state index in [1.54, 1.807) is 7.05 Å². The summed E-state index contributed by atoms with van der Waals surface area (Å²) in [5.41, 5.74) is 1.01. The van der Waals surface area contributed by atoms with Crippen molar-refractivity contribution >= 4 is 39.8 Å². The lowest BCUT2D eigenvalue weighted by atomic mass is 10.1. The normalized spacial score (nSPS) is 12.7. The maximum absolute atomic E-state index is 11.2. The summed E-state index contributed by atoms with van der Waals surface area (Å²) in [7, 11) is -1.36. The van der Waals surface area contributed by atoms with Crippen molar-refractivity contribution in [3.05, 3.63) is 23.8 Å². The van der Waals surface area contributed by atoms with E-state index in [0.29, 0.717) is 31.5 Å². The Morgan fingerprint density at radius 1 is 1.19 bits per heavy atom. The summed E-state index contributed by atoms with van der Waals surface area (Å²) in [6.07, 6.45) is 1.21. The first-order chi connectivity index (χ1) is 11.8. The van der Waals surface area contributed by atoms with E-state index in [1.165, 1.54) is 6.26 Å². The average Bonchev–Trinajstić information content (AvgIpc) is 2.54. The van der Waals surface area contributed by atoms with Crippen molar-refractivity contribution in [2.45, 2.75) is 26.8 Å². The van der Waals surface area contributed by atoms with Crippen LogP contribution in [0.2, 0.25) is 0 Å². The van der Waals surface area contributed by atoms with Crippen LogP contribution >= 0.6 is 24.0 Å². The van der Waals surface area contributed by atoms with E-state index < -0.39 is 9.84 Å². The number of benzene rings is 1. The fourth-order valence-corrected chi connectivity index (χ4v) is 2.65. The van der Waals surface area contributed by atoms with E-state index in [-0.39, 0.29) is 35.8 Å². The summed E-state index contributed by atoms with van der Waals surface area (Å²) >= 11 is 0. The molecule has 0 aliphatic carbocycles. The van der Waals surface area contributed by atoms with Gasteiger partial charge in [-0.05, 0) is 38.5 Å². The smallest absolute Gasteiger partial charge is 0.191 e. The van der Waals surface area contributed by atoms with Gasteiger partial charge in [0.15, 0.2) is 17.5 Å². The molecule has 150 valence electrons. The molecule has 7 nitrogen and oxygen atoms in total. The molecule has 0 saturated heterocycles. The average molecular weight is 499 g/mol. The van der Waals surface area contributed by atoms with E-state index >= 15 is 0 Å². The lowest BCUT2D eigenvalue weighted by Crippen LogP contribution is -2.40. The highest BCUT2D eigenvalue weighted by atomic mass is 127. The molecule has 0 aliphatic heterocycles. The lowest BCUT2D eigenvalue weighted by molar-refractivity contribution is 0.287. The number of halogens is 1. The number of nitrogens with zero attached hydrogens (tertiary/aromatic N) is 1. The molecule has 1 aromatic carbocycles. The van der Waals surface area contributed by atoms with Gasteiger partial charge in [-0.15, -0.1) is 24.0 Å². The third-order valence-corrected chi connectivity index (χ3v) is 4.36. The van der Waals surface area contributed by atoms with Crippen LogP contribution < -0.4 is 20.1 Å². The van der Waals surface area contributed by atoms with Crippen molar-refractivity contribution in [1.29, 1.82) is 0 Å². The fraction of sp³-hybridized carbons (Fsp3) is 0.588. The second-order valence-corrected chi connectivity index (χ2v) is 7.83. The molecule has 0 amide bonds. The zero-order valence-electron chi connectivity index (χ0n) is 16.0. The van der Waals surface area contributed by atoms with Crippen molar-refractivity contribution in [3.63, 3.8) is 0 Å². The molecule has 1 aromatic rings. The fourth-order valence-electron chi connectivity index (χ4n) is 2.17. The molecule has 1 rings (SSSR count). The summed E-state index contributed by atoms with van der Waals surface area (Å²) in [6.45, 7) is 7.29. The largest absolute Gasteiger partial charge is 0.490 e. The molecule has 0 radical (unpaired) electrons. The minimum atomic E-state index is -3.01. The molecule has 26 heavy (non-hydrogen) atoms.